The van der Waals surface area contributed by atoms with E-state index in [-0.39, 0.29) is 17.4 Å². The Morgan fingerprint density at radius 3 is 2.45 bits per heavy atom. The number of hydrogen-bond acceptors (Lipinski definition) is 6. The number of phenols is 1. The molecule has 3 aromatic rings. The van der Waals surface area contributed by atoms with E-state index in [9.17, 15) is 9.90 Å². The second kappa shape index (κ2) is 7.33. The first-order chi connectivity index (χ1) is 14.1. The number of nitrogens with one attached hydrogen (secondary N) is 2. The molecular weight excluding hydrogens is 368 g/mol. The van der Waals surface area contributed by atoms with E-state index in [1.165, 1.54) is 18.9 Å². The van der Waals surface area contributed by atoms with Gasteiger partial charge in [-0.1, -0.05) is 6.07 Å². The molecule has 7 nitrogen and oxygen atoms in total. The molecule has 4 heterocycles. The molecule has 0 unspecified atom stereocenters. The minimum absolute atomic E-state index is 0.0840. The highest BCUT2D eigenvalue weighted by Gasteiger charge is 2.34. The number of phenolic OH excluding ortho intramolecular Hbond substituents is 1. The monoisotopic (exact) mass is 390 g/mol. The summed E-state index contributed by atoms with van der Waals surface area (Å²) in [6.07, 6.45) is 6.22. The van der Waals surface area contributed by atoms with Crippen LogP contribution in [0.2, 0.25) is 0 Å². The number of nitrogens with zero attached hydrogens (tertiary/aromatic N) is 2. The molecule has 3 N–H and O–H groups in total. The normalized spacial score (nSPS) is 23.1. The van der Waals surface area contributed by atoms with Crippen molar-refractivity contribution in [2.24, 2.45) is 0 Å². The van der Waals surface area contributed by atoms with Gasteiger partial charge in [0.15, 0.2) is 0 Å². The maximum atomic E-state index is 11.5. The van der Waals surface area contributed by atoms with Crippen LogP contribution < -0.4 is 15.6 Å². The lowest BCUT2D eigenvalue weighted by atomic mass is 10.0. The molecule has 0 amide bonds. The topological polar surface area (TPSA) is 100 Å². The lowest BCUT2D eigenvalue weighted by molar-refractivity contribution is 0.130. The first-order valence-electron chi connectivity index (χ1n) is 9.93. The molecular formula is C22H22N4O3. The van der Waals surface area contributed by atoms with Crippen molar-refractivity contribution in [3.8, 4) is 34.0 Å². The Morgan fingerprint density at radius 2 is 1.76 bits per heavy atom. The van der Waals surface area contributed by atoms with Gasteiger partial charge in [-0.15, -0.1) is 10.2 Å². The van der Waals surface area contributed by atoms with Crippen LogP contribution >= 0.6 is 0 Å². The number of aromatic hydroxyl groups is 1. The summed E-state index contributed by atoms with van der Waals surface area (Å²) in [5, 5.41) is 22.5. The zero-order valence-corrected chi connectivity index (χ0v) is 15.8. The summed E-state index contributed by atoms with van der Waals surface area (Å²) in [4.78, 5) is 14.1. The molecule has 2 fully saturated rings. The van der Waals surface area contributed by atoms with Gasteiger partial charge in [0.25, 0.3) is 0 Å². The third kappa shape index (κ3) is 3.73. The van der Waals surface area contributed by atoms with Crippen LogP contribution in [0.5, 0.6) is 11.6 Å². The molecule has 7 heteroatoms. The first kappa shape index (κ1) is 17.9. The van der Waals surface area contributed by atoms with Gasteiger partial charge in [0.1, 0.15) is 11.9 Å². The van der Waals surface area contributed by atoms with Gasteiger partial charge in [-0.2, -0.15) is 0 Å². The summed E-state index contributed by atoms with van der Waals surface area (Å²) in [5.41, 5.74) is 2.46. The highest BCUT2D eigenvalue weighted by Crippen LogP contribution is 2.33. The number of pyridine rings is 1. The van der Waals surface area contributed by atoms with E-state index < -0.39 is 0 Å². The van der Waals surface area contributed by atoms with Crippen molar-refractivity contribution in [1.29, 1.82) is 0 Å². The number of aromatic nitrogens is 3. The van der Waals surface area contributed by atoms with E-state index in [1.54, 1.807) is 36.5 Å². The summed E-state index contributed by atoms with van der Waals surface area (Å²) >= 11 is 0. The predicted octanol–water partition coefficient (Wildman–Crippen LogP) is 2.87. The van der Waals surface area contributed by atoms with Crippen molar-refractivity contribution >= 4 is 0 Å². The standard InChI is InChI=1S/C22H22N4O3/c27-20-9-13(14-7-8-23-21(28)10-14)1-4-18(20)19-5-6-22(26-25-19)29-17-11-15-2-3-16(12-17)24-15/h1,4-10,15-17,24,27H,2-3,11-12H2,(H,23,28)/t15-,16+,17-. The molecule has 2 aromatic heterocycles. The van der Waals surface area contributed by atoms with Crippen LogP contribution in [-0.2, 0) is 0 Å². The van der Waals surface area contributed by atoms with Crippen LogP contribution in [-0.4, -0.2) is 38.5 Å². The third-order valence-electron chi connectivity index (χ3n) is 5.74. The van der Waals surface area contributed by atoms with Gasteiger partial charge in [-0.05, 0) is 61.1 Å². The second-order valence-corrected chi connectivity index (χ2v) is 7.78. The molecule has 0 saturated carbocycles. The Kier molecular flexibility index (Phi) is 4.52. The maximum Gasteiger partial charge on any atom is 0.248 e. The van der Waals surface area contributed by atoms with Crippen molar-refractivity contribution in [2.75, 3.05) is 0 Å². The van der Waals surface area contributed by atoms with Gasteiger partial charge in [0, 0.05) is 36.0 Å². The Hall–Kier alpha value is -3.19. The molecule has 2 bridgehead atoms. The number of ether oxygens (including phenoxy) is 1. The van der Waals surface area contributed by atoms with E-state index in [1.807, 2.05) is 6.07 Å². The molecule has 0 aliphatic carbocycles. The molecule has 1 aromatic carbocycles. The number of benzene rings is 1. The largest absolute Gasteiger partial charge is 0.507 e. The van der Waals surface area contributed by atoms with Gasteiger partial charge >= 0.3 is 0 Å². The summed E-state index contributed by atoms with van der Waals surface area (Å²) < 4.78 is 6.04. The molecule has 2 saturated heterocycles. The lowest BCUT2D eigenvalue weighted by Gasteiger charge is -2.28. The zero-order valence-electron chi connectivity index (χ0n) is 15.8. The molecule has 5 rings (SSSR count). The van der Waals surface area contributed by atoms with Crippen molar-refractivity contribution in [1.82, 2.24) is 20.5 Å². The van der Waals surface area contributed by atoms with E-state index >= 15 is 0 Å². The number of piperidine rings is 1. The average Bonchev–Trinajstić information content (AvgIpc) is 3.07. The molecule has 2 aliphatic rings. The molecule has 2 aliphatic heterocycles. The molecule has 0 radical (unpaired) electrons. The molecule has 29 heavy (non-hydrogen) atoms. The van der Waals surface area contributed by atoms with Gasteiger partial charge < -0.3 is 20.1 Å². The van der Waals surface area contributed by atoms with E-state index in [0.717, 1.165) is 24.0 Å². The van der Waals surface area contributed by atoms with Gasteiger partial charge in [0.2, 0.25) is 11.4 Å². The fraction of sp³-hybridized carbons (Fsp3) is 0.318. The van der Waals surface area contributed by atoms with Crippen molar-refractivity contribution in [3.63, 3.8) is 0 Å². The van der Waals surface area contributed by atoms with E-state index in [2.05, 4.69) is 20.5 Å². The summed E-state index contributed by atoms with van der Waals surface area (Å²) in [5.74, 6) is 0.598. The Balaban J connectivity index is 1.32. The summed E-state index contributed by atoms with van der Waals surface area (Å²) in [6, 6.07) is 13.3. The van der Waals surface area contributed by atoms with Crippen LogP contribution in [0.15, 0.2) is 53.5 Å². The van der Waals surface area contributed by atoms with Crippen LogP contribution in [0.1, 0.15) is 25.7 Å². The van der Waals surface area contributed by atoms with Crippen LogP contribution in [0.25, 0.3) is 22.4 Å². The third-order valence-corrected chi connectivity index (χ3v) is 5.74. The predicted molar refractivity (Wildman–Crippen MR) is 109 cm³/mol. The second-order valence-electron chi connectivity index (χ2n) is 7.78. The number of hydrogen-bond donors (Lipinski definition) is 3. The van der Waals surface area contributed by atoms with Gasteiger partial charge in [-0.25, -0.2) is 0 Å². The molecule has 3 atom stereocenters. The van der Waals surface area contributed by atoms with Crippen molar-refractivity contribution < 1.29 is 9.84 Å². The smallest absolute Gasteiger partial charge is 0.248 e. The average molecular weight is 390 g/mol. The summed E-state index contributed by atoms with van der Waals surface area (Å²) in [6.45, 7) is 0. The maximum absolute atomic E-state index is 11.5. The number of H-pyrrole nitrogens is 1. The SMILES string of the molecule is O=c1cc(-c2ccc(-c3ccc(O[C@@H]4C[C@H]5CC[C@@H](C4)N5)nn3)c(O)c2)cc[nH]1. The van der Waals surface area contributed by atoms with Gasteiger partial charge in [0.05, 0.1) is 5.69 Å². The van der Waals surface area contributed by atoms with E-state index in [4.69, 9.17) is 4.74 Å². The zero-order chi connectivity index (χ0) is 19.8. The van der Waals surface area contributed by atoms with Crippen LogP contribution in [0, 0.1) is 0 Å². The van der Waals surface area contributed by atoms with E-state index in [0.29, 0.717) is 29.2 Å². The minimum atomic E-state index is -0.186. The van der Waals surface area contributed by atoms with Gasteiger partial charge in [-0.3, -0.25) is 4.79 Å². The minimum Gasteiger partial charge on any atom is -0.507 e. The van der Waals surface area contributed by atoms with Crippen LogP contribution in [0.4, 0.5) is 0 Å². The molecule has 148 valence electrons. The first-order valence-corrected chi connectivity index (χ1v) is 9.93. The van der Waals surface area contributed by atoms with Crippen molar-refractivity contribution in [2.45, 2.75) is 43.9 Å². The highest BCUT2D eigenvalue weighted by molar-refractivity contribution is 5.73. The Labute approximate surface area is 167 Å². The number of rotatable bonds is 4. The van der Waals surface area contributed by atoms with Crippen molar-refractivity contribution in [3.05, 3.63) is 59.0 Å². The number of fused-ring (bicyclic) bond motifs is 2. The molecule has 0 spiro atoms. The summed E-state index contributed by atoms with van der Waals surface area (Å²) in [7, 11) is 0. The highest BCUT2D eigenvalue weighted by atomic mass is 16.5. The fourth-order valence-electron chi connectivity index (χ4n) is 4.35. The quantitative estimate of drug-likeness (QED) is 0.633. The Bertz CT molecular complexity index is 1070. The number of aromatic amines is 1. The fourth-order valence-corrected chi connectivity index (χ4v) is 4.35. The van der Waals surface area contributed by atoms with Crippen LogP contribution in [0.3, 0.4) is 0 Å². The Morgan fingerprint density at radius 1 is 0.966 bits per heavy atom. The lowest BCUT2D eigenvalue weighted by Crippen LogP contribution is -2.42.